The van der Waals surface area contributed by atoms with Gasteiger partial charge in [0.25, 0.3) is 0 Å². The molecule has 0 spiro atoms. The topological polar surface area (TPSA) is 81.7 Å². The van der Waals surface area contributed by atoms with E-state index in [9.17, 15) is 4.79 Å². The van der Waals surface area contributed by atoms with E-state index in [1.54, 1.807) is 26.9 Å². The molecule has 0 N–H and O–H groups in total. The lowest BCUT2D eigenvalue weighted by Crippen LogP contribution is -2.61. The van der Waals surface area contributed by atoms with Gasteiger partial charge in [-0.05, 0) is 32.1 Å². The summed E-state index contributed by atoms with van der Waals surface area (Å²) in [6.07, 6.45) is -0.160. The third-order valence-electron chi connectivity index (χ3n) is 3.19. The summed E-state index contributed by atoms with van der Waals surface area (Å²) in [6.45, 7) is 14.4. The van der Waals surface area contributed by atoms with E-state index in [-0.39, 0.29) is 11.8 Å². The zero-order valence-electron chi connectivity index (χ0n) is 16.4. The number of hydrogen-bond acceptors (Lipinski definition) is 8. The maximum absolute atomic E-state index is 11.7. The van der Waals surface area contributed by atoms with Crippen molar-refractivity contribution in [3.05, 3.63) is 23.9 Å². The van der Waals surface area contributed by atoms with E-state index in [0.29, 0.717) is 5.20 Å². The molecule has 0 aromatic rings. The Kier molecular flexibility index (Phi) is 9.64. The molecule has 0 saturated carbocycles. The third-order valence-corrected chi connectivity index (χ3v) is 13.3. The van der Waals surface area contributed by atoms with Gasteiger partial charge in [0.2, 0.25) is 0 Å². The zero-order valence-corrected chi connectivity index (χ0v) is 19.4. The Hall–Kier alpha value is -0.639. The molecule has 0 rings (SSSR count). The van der Waals surface area contributed by atoms with Crippen LogP contribution in [0.15, 0.2) is 23.9 Å². The maximum Gasteiger partial charge on any atom is 0.531 e. The molecule has 0 saturated heterocycles. The van der Waals surface area contributed by atoms with Gasteiger partial charge in [-0.3, -0.25) is 0 Å². The lowest BCUT2D eigenvalue weighted by atomic mass is 10.4. The third kappa shape index (κ3) is 6.88. The van der Waals surface area contributed by atoms with Crippen LogP contribution in [0.1, 0.15) is 13.8 Å². The lowest BCUT2D eigenvalue weighted by Gasteiger charge is -2.38. The first-order chi connectivity index (χ1) is 11.4. The highest BCUT2D eigenvalue weighted by molar-refractivity contribution is 6.84. The standard InChI is InChI=1S/C14H30O8Si3/c1-12(2)14(15)20-11-24(16-5,17-6)21-23(9,10)22-25(18-7,19-8)13(3)4/h1,3,11H2,2,4-10H3. The van der Waals surface area contributed by atoms with E-state index < -0.39 is 32.1 Å². The fourth-order valence-corrected chi connectivity index (χ4v) is 11.9. The first kappa shape index (κ1) is 24.4. The number of hydrogen-bond donors (Lipinski definition) is 0. The van der Waals surface area contributed by atoms with Crippen LogP contribution >= 0.6 is 0 Å². The van der Waals surface area contributed by atoms with Crippen molar-refractivity contribution in [2.24, 2.45) is 0 Å². The second-order valence-corrected chi connectivity index (χ2v) is 15.5. The molecule has 0 amide bonds. The van der Waals surface area contributed by atoms with E-state index in [1.807, 2.05) is 0 Å². The molecule has 0 aliphatic rings. The first-order valence-electron chi connectivity index (χ1n) is 7.52. The molecular formula is C14H30O8Si3. The first-order valence-corrected chi connectivity index (χ1v) is 14.0. The van der Waals surface area contributed by atoms with Gasteiger partial charge in [0, 0.05) is 34.0 Å². The van der Waals surface area contributed by atoms with Crippen LogP contribution in [-0.4, -0.2) is 66.8 Å². The highest BCUT2D eigenvalue weighted by Gasteiger charge is 2.53. The van der Waals surface area contributed by atoms with Crippen molar-refractivity contribution in [2.45, 2.75) is 26.9 Å². The van der Waals surface area contributed by atoms with E-state index >= 15 is 0 Å². The van der Waals surface area contributed by atoms with Crippen molar-refractivity contribution < 1.29 is 35.5 Å². The van der Waals surface area contributed by atoms with Crippen LogP contribution < -0.4 is 0 Å². The second kappa shape index (κ2) is 9.89. The molecule has 0 aromatic carbocycles. The predicted molar refractivity (Wildman–Crippen MR) is 99.8 cm³/mol. The Morgan fingerprint density at radius 1 is 0.880 bits per heavy atom. The summed E-state index contributed by atoms with van der Waals surface area (Å²) >= 11 is 0. The van der Waals surface area contributed by atoms with Gasteiger partial charge in [-0.15, -0.1) is 0 Å². The Balaban J connectivity index is 5.36. The minimum Gasteiger partial charge on any atom is -0.458 e. The SMILES string of the molecule is C=C(C)C(=O)OC[Si](OC)(OC)O[Si](C)(C)O[Si](OC)(OC)C(=C)C. The summed E-state index contributed by atoms with van der Waals surface area (Å²) in [4.78, 5) is 11.7. The smallest absolute Gasteiger partial charge is 0.458 e. The number of ether oxygens (including phenoxy) is 1. The quantitative estimate of drug-likeness (QED) is 0.274. The number of rotatable bonds is 12. The van der Waals surface area contributed by atoms with E-state index in [0.717, 1.165) is 0 Å². The molecule has 11 heteroatoms. The zero-order chi connectivity index (χ0) is 19.9. The molecule has 146 valence electrons. The van der Waals surface area contributed by atoms with Crippen molar-refractivity contribution in [3.63, 3.8) is 0 Å². The fourth-order valence-electron chi connectivity index (χ4n) is 1.91. The Bertz CT molecular complexity index is 486. The van der Waals surface area contributed by atoms with Crippen LogP contribution in [0.3, 0.4) is 0 Å². The average molecular weight is 411 g/mol. The van der Waals surface area contributed by atoms with E-state index in [4.69, 9.17) is 30.7 Å². The van der Waals surface area contributed by atoms with Crippen molar-refractivity contribution in [2.75, 3.05) is 34.7 Å². The van der Waals surface area contributed by atoms with Gasteiger partial charge in [0.05, 0.1) is 0 Å². The number of esters is 1. The Morgan fingerprint density at radius 3 is 1.68 bits per heavy atom. The molecular weight excluding hydrogens is 380 g/mol. The van der Waals surface area contributed by atoms with Gasteiger partial charge in [-0.25, -0.2) is 4.79 Å². The van der Waals surface area contributed by atoms with Crippen molar-refractivity contribution in [3.8, 4) is 0 Å². The largest absolute Gasteiger partial charge is 0.531 e. The summed E-state index contributed by atoms with van der Waals surface area (Å²) in [7, 11) is -3.42. The molecule has 25 heavy (non-hydrogen) atoms. The average Bonchev–Trinajstić information content (AvgIpc) is 2.55. The van der Waals surface area contributed by atoms with Gasteiger partial charge in [0.15, 0.2) is 6.23 Å². The molecule has 0 radical (unpaired) electrons. The Labute approximate surface area is 153 Å². The van der Waals surface area contributed by atoms with Gasteiger partial charge in [-0.1, -0.05) is 13.2 Å². The normalized spacial score (nSPS) is 12.8. The summed E-state index contributed by atoms with van der Waals surface area (Å²) in [6, 6.07) is 0. The number of carbonyl (C=O) groups excluding carboxylic acids is 1. The minimum absolute atomic E-state index is 0.160. The molecule has 0 aliphatic heterocycles. The summed E-state index contributed by atoms with van der Waals surface area (Å²) in [5, 5.41) is 0.650. The van der Waals surface area contributed by atoms with Crippen molar-refractivity contribution in [1.29, 1.82) is 0 Å². The van der Waals surface area contributed by atoms with E-state index in [2.05, 4.69) is 13.2 Å². The minimum atomic E-state index is -3.31. The van der Waals surface area contributed by atoms with Gasteiger partial charge < -0.3 is 30.7 Å². The van der Waals surface area contributed by atoms with Crippen LogP contribution in [0.4, 0.5) is 0 Å². The predicted octanol–water partition coefficient (Wildman–Crippen LogP) is 1.96. The maximum atomic E-state index is 11.7. The molecule has 0 atom stereocenters. The summed E-state index contributed by atoms with van der Waals surface area (Å²) in [5.74, 6) is -0.547. The second-order valence-electron chi connectivity index (χ2n) is 5.80. The Morgan fingerprint density at radius 2 is 1.36 bits per heavy atom. The summed E-state index contributed by atoms with van der Waals surface area (Å²) in [5.41, 5.74) is 0.273. The van der Waals surface area contributed by atoms with Crippen LogP contribution in [0.5, 0.6) is 0 Å². The van der Waals surface area contributed by atoms with Gasteiger partial charge >= 0.3 is 32.1 Å². The summed E-state index contributed by atoms with van der Waals surface area (Å²) < 4.78 is 39.3. The van der Waals surface area contributed by atoms with Crippen LogP contribution in [0.2, 0.25) is 13.1 Å². The highest BCUT2D eigenvalue weighted by atomic mass is 28.5. The molecule has 0 bridgehead atoms. The number of allylic oxidation sites excluding steroid dienone is 1. The van der Waals surface area contributed by atoms with Crippen LogP contribution in [0.25, 0.3) is 0 Å². The molecule has 0 heterocycles. The fraction of sp³-hybridized carbons (Fsp3) is 0.643. The van der Waals surface area contributed by atoms with Crippen molar-refractivity contribution in [1.82, 2.24) is 0 Å². The monoisotopic (exact) mass is 410 g/mol. The van der Waals surface area contributed by atoms with Crippen LogP contribution in [0, 0.1) is 0 Å². The van der Waals surface area contributed by atoms with Crippen molar-refractivity contribution >= 4 is 32.1 Å². The molecule has 0 aromatic heterocycles. The van der Waals surface area contributed by atoms with Gasteiger partial charge in [0.1, 0.15) is 0 Å². The van der Waals surface area contributed by atoms with Gasteiger partial charge in [-0.2, -0.15) is 0 Å². The number of carbonyl (C=O) groups is 1. The van der Waals surface area contributed by atoms with E-state index in [1.165, 1.54) is 28.4 Å². The molecule has 0 aliphatic carbocycles. The van der Waals surface area contributed by atoms with Crippen LogP contribution in [-0.2, 0) is 35.5 Å². The molecule has 0 fully saturated rings. The lowest BCUT2D eigenvalue weighted by molar-refractivity contribution is -0.138. The molecule has 0 unspecified atom stereocenters. The highest BCUT2D eigenvalue weighted by Crippen LogP contribution is 2.26. The molecule has 8 nitrogen and oxygen atoms in total.